The summed E-state index contributed by atoms with van der Waals surface area (Å²) in [6, 6.07) is 12.3. The molecule has 1 saturated heterocycles. The molecule has 3 rings (SSSR count). The van der Waals surface area contributed by atoms with Crippen molar-refractivity contribution in [2.24, 2.45) is 0 Å². The Balaban J connectivity index is 1.53. The summed E-state index contributed by atoms with van der Waals surface area (Å²) in [5.41, 5.74) is 2.78. The maximum atomic E-state index is 14.3. The predicted molar refractivity (Wildman–Crippen MR) is 105 cm³/mol. The Labute approximate surface area is 158 Å². The molecular formula is C21H24FN3O2. The highest BCUT2D eigenvalue weighted by Crippen LogP contribution is 2.22. The second-order valence-electron chi connectivity index (χ2n) is 6.90. The lowest BCUT2D eigenvalue weighted by atomic mass is 10.1. The fourth-order valence-corrected chi connectivity index (χ4v) is 3.26. The number of carbonyl (C=O) groups excluding carboxylic acids is 2. The van der Waals surface area contributed by atoms with Gasteiger partial charge in [-0.05, 0) is 49.7 Å². The lowest BCUT2D eigenvalue weighted by Gasteiger charge is -2.35. The largest absolute Gasteiger partial charge is 0.367 e. The van der Waals surface area contributed by atoms with Gasteiger partial charge in [-0.25, -0.2) is 4.39 Å². The molecule has 142 valence electrons. The first-order chi connectivity index (χ1) is 12.9. The number of nitrogens with zero attached hydrogens (tertiary/aromatic N) is 2. The first-order valence-corrected chi connectivity index (χ1v) is 9.06. The van der Waals surface area contributed by atoms with E-state index in [0.29, 0.717) is 44.0 Å². The minimum atomic E-state index is -0.381. The van der Waals surface area contributed by atoms with Crippen molar-refractivity contribution in [2.45, 2.75) is 13.8 Å². The van der Waals surface area contributed by atoms with Crippen LogP contribution in [0.2, 0.25) is 0 Å². The van der Waals surface area contributed by atoms with E-state index in [-0.39, 0.29) is 17.5 Å². The Morgan fingerprint density at radius 3 is 2.44 bits per heavy atom. The van der Waals surface area contributed by atoms with Gasteiger partial charge in [0.25, 0.3) is 0 Å². The maximum Gasteiger partial charge on any atom is 0.238 e. The smallest absolute Gasteiger partial charge is 0.238 e. The summed E-state index contributed by atoms with van der Waals surface area (Å²) >= 11 is 0. The molecule has 1 fully saturated rings. The number of anilines is 2. The molecule has 1 amide bonds. The van der Waals surface area contributed by atoms with Crippen molar-refractivity contribution in [3.8, 4) is 0 Å². The van der Waals surface area contributed by atoms with E-state index in [1.54, 1.807) is 12.1 Å². The normalized spacial score (nSPS) is 14.9. The first-order valence-electron chi connectivity index (χ1n) is 9.06. The lowest BCUT2D eigenvalue weighted by Crippen LogP contribution is -2.48. The zero-order valence-corrected chi connectivity index (χ0v) is 15.7. The second kappa shape index (κ2) is 8.31. The zero-order valence-electron chi connectivity index (χ0n) is 15.7. The van der Waals surface area contributed by atoms with E-state index in [1.165, 1.54) is 13.0 Å². The monoisotopic (exact) mass is 369 g/mol. The summed E-state index contributed by atoms with van der Waals surface area (Å²) in [5.74, 6) is -0.579. The highest BCUT2D eigenvalue weighted by atomic mass is 19.1. The van der Waals surface area contributed by atoms with Gasteiger partial charge in [-0.1, -0.05) is 12.1 Å². The van der Waals surface area contributed by atoms with E-state index in [9.17, 15) is 14.0 Å². The van der Waals surface area contributed by atoms with E-state index < -0.39 is 0 Å². The van der Waals surface area contributed by atoms with Crippen LogP contribution in [0, 0.1) is 12.7 Å². The summed E-state index contributed by atoms with van der Waals surface area (Å²) < 4.78 is 14.3. The second-order valence-corrected chi connectivity index (χ2v) is 6.90. The first kappa shape index (κ1) is 19.0. The Morgan fingerprint density at radius 2 is 1.81 bits per heavy atom. The van der Waals surface area contributed by atoms with Crippen molar-refractivity contribution in [2.75, 3.05) is 42.9 Å². The molecule has 1 aliphatic heterocycles. The van der Waals surface area contributed by atoms with Crippen LogP contribution in [0.4, 0.5) is 15.8 Å². The van der Waals surface area contributed by atoms with Crippen LogP contribution in [0.5, 0.6) is 0 Å². The van der Waals surface area contributed by atoms with Gasteiger partial charge >= 0.3 is 0 Å². The molecule has 5 nitrogen and oxygen atoms in total. The molecule has 1 heterocycles. The minimum Gasteiger partial charge on any atom is -0.367 e. The van der Waals surface area contributed by atoms with Crippen LogP contribution >= 0.6 is 0 Å². The Morgan fingerprint density at radius 1 is 1.07 bits per heavy atom. The fraction of sp³-hybridized carbons (Fsp3) is 0.333. The van der Waals surface area contributed by atoms with Crippen LogP contribution in [-0.4, -0.2) is 49.3 Å². The van der Waals surface area contributed by atoms with E-state index in [2.05, 4.69) is 10.2 Å². The number of hydrogen-bond acceptors (Lipinski definition) is 4. The Bertz CT molecular complexity index is 845. The SMILES string of the molecule is CC(=O)c1ccc(N2CCN(CC(=O)Nc3cccc(C)c3)CC2)c(F)c1. The summed E-state index contributed by atoms with van der Waals surface area (Å²) in [6.07, 6.45) is 0. The van der Waals surface area contributed by atoms with Crippen LogP contribution in [0.1, 0.15) is 22.8 Å². The van der Waals surface area contributed by atoms with Gasteiger partial charge in [0.1, 0.15) is 5.82 Å². The van der Waals surface area contributed by atoms with Gasteiger partial charge in [0.2, 0.25) is 5.91 Å². The quantitative estimate of drug-likeness (QED) is 0.823. The summed E-state index contributed by atoms with van der Waals surface area (Å²) in [7, 11) is 0. The Hall–Kier alpha value is -2.73. The molecule has 6 heteroatoms. The number of carbonyl (C=O) groups is 2. The molecule has 0 unspecified atom stereocenters. The van der Waals surface area contributed by atoms with Crippen LogP contribution in [-0.2, 0) is 4.79 Å². The van der Waals surface area contributed by atoms with Crippen molar-refractivity contribution in [1.29, 1.82) is 0 Å². The molecule has 0 saturated carbocycles. The molecule has 1 aliphatic rings. The van der Waals surface area contributed by atoms with Gasteiger partial charge in [-0.2, -0.15) is 0 Å². The number of Topliss-reactive ketones (excluding diaryl/α,β-unsaturated/α-hetero) is 1. The lowest BCUT2D eigenvalue weighted by molar-refractivity contribution is -0.117. The average molecular weight is 369 g/mol. The number of amides is 1. The molecule has 0 radical (unpaired) electrons. The van der Waals surface area contributed by atoms with Crippen LogP contribution in [0.25, 0.3) is 0 Å². The molecule has 0 spiro atoms. The summed E-state index contributed by atoms with van der Waals surface area (Å²) in [6.45, 7) is 6.34. The third kappa shape index (κ3) is 4.92. The minimum absolute atomic E-state index is 0.0500. The molecule has 0 aromatic heterocycles. The van der Waals surface area contributed by atoms with Crippen molar-refractivity contribution in [3.63, 3.8) is 0 Å². The fourth-order valence-electron chi connectivity index (χ4n) is 3.26. The van der Waals surface area contributed by atoms with E-state index in [4.69, 9.17) is 0 Å². The molecule has 0 bridgehead atoms. The molecule has 27 heavy (non-hydrogen) atoms. The third-order valence-corrected chi connectivity index (χ3v) is 4.74. The average Bonchev–Trinajstić information content (AvgIpc) is 2.62. The predicted octanol–water partition coefficient (Wildman–Crippen LogP) is 3.10. The summed E-state index contributed by atoms with van der Waals surface area (Å²) in [4.78, 5) is 27.6. The van der Waals surface area contributed by atoms with Crippen molar-refractivity contribution < 1.29 is 14.0 Å². The molecule has 1 N–H and O–H groups in total. The maximum absolute atomic E-state index is 14.3. The number of benzene rings is 2. The van der Waals surface area contributed by atoms with Gasteiger partial charge in [0.15, 0.2) is 5.78 Å². The summed E-state index contributed by atoms with van der Waals surface area (Å²) in [5, 5.41) is 2.91. The number of halogens is 1. The van der Waals surface area contributed by atoms with Crippen molar-refractivity contribution >= 4 is 23.1 Å². The number of rotatable bonds is 5. The highest BCUT2D eigenvalue weighted by molar-refractivity contribution is 5.94. The van der Waals surface area contributed by atoms with Gasteiger partial charge < -0.3 is 10.2 Å². The zero-order chi connectivity index (χ0) is 19.4. The standard InChI is InChI=1S/C21H24FN3O2/c1-15-4-3-5-18(12-15)23-21(27)14-24-8-10-25(11-9-24)20-7-6-17(16(2)26)13-19(20)22/h3-7,12-13H,8-11,14H2,1-2H3,(H,23,27). The van der Waals surface area contributed by atoms with Crippen LogP contribution in [0.3, 0.4) is 0 Å². The van der Waals surface area contributed by atoms with E-state index >= 15 is 0 Å². The molecule has 0 aliphatic carbocycles. The molecule has 0 atom stereocenters. The number of hydrogen-bond donors (Lipinski definition) is 1. The van der Waals surface area contributed by atoms with E-state index in [1.807, 2.05) is 36.1 Å². The topological polar surface area (TPSA) is 52.7 Å². The van der Waals surface area contributed by atoms with E-state index in [0.717, 1.165) is 11.3 Å². The molecule has 2 aromatic carbocycles. The van der Waals surface area contributed by atoms with Gasteiger partial charge in [-0.15, -0.1) is 0 Å². The molecular weight excluding hydrogens is 345 g/mol. The van der Waals surface area contributed by atoms with Crippen molar-refractivity contribution in [1.82, 2.24) is 4.90 Å². The number of nitrogens with one attached hydrogen (secondary N) is 1. The van der Waals surface area contributed by atoms with Crippen LogP contribution in [0.15, 0.2) is 42.5 Å². The van der Waals surface area contributed by atoms with Crippen molar-refractivity contribution in [3.05, 3.63) is 59.4 Å². The van der Waals surface area contributed by atoms with Crippen LogP contribution < -0.4 is 10.2 Å². The highest BCUT2D eigenvalue weighted by Gasteiger charge is 2.21. The number of piperazine rings is 1. The molecule has 2 aromatic rings. The van der Waals surface area contributed by atoms with Gasteiger partial charge in [0, 0.05) is 37.4 Å². The number of aryl methyl sites for hydroxylation is 1. The third-order valence-electron chi connectivity index (χ3n) is 4.74. The number of ketones is 1. The Kier molecular flexibility index (Phi) is 5.86. The van der Waals surface area contributed by atoms with Gasteiger partial charge in [0.05, 0.1) is 12.2 Å². The van der Waals surface area contributed by atoms with Gasteiger partial charge in [-0.3, -0.25) is 14.5 Å².